The van der Waals surface area contributed by atoms with Crippen molar-refractivity contribution in [3.8, 4) is 5.75 Å². The van der Waals surface area contributed by atoms with Gasteiger partial charge in [-0.2, -0.15) is 0 Å². The van der Waals surface area contributed by atoms with Gasteiger partial charge in [0.2, 0.25) is 5.91 Å². The summed E-state index contributed by atoms with van der Waals surface area (Å²) < 4.78 is 19.2. The maximum absolute atomic E-state index is 13.5. The van der Waals surface area contributed by atoms with Crippen molar-refractivity contribution in [2.45, 2.75) is 38.6 Å². The number of ether oxygens (including phenoxy) is 1. The number of amides is 2. The standard InChI is InChI=1S/C24H27FN2O3/c1-2-23(29)27-12-11-17-7-10-20(30-15-22(28)26-14-16-3-4-16)13-21(17)24(27)18-5-8-19(25)9-6-18/h5-10,13,16,24H,2-4,11-12,14-15H2,1H3,(H,26,28)/t24-/m1/s1. The summed E-state index contributed by atoms with van der Waals surface area (Å²) >= 11 is 0. The van der Waals surface area contributed by atoms with E-state index < -0.39 is 0 Å². The Labute approximate surface area is 176 Å². The van der Waals surface area contributed by atoms with Crippen LogP contribution < -0.4 is 10.1 Å². The van der Waals surface area contributed by atoms with Crippen LogP contribution in [0.15, 0.2) is 42.5 Å². The van der Waals surface area contributed by atoms with Crippen LogP contribution in [0, 0.1) is 11.7 Å². The van der Waals surface area contributed by atoms with Crippen LogP contribution in [0.4, 0.5) is 4.39 Å². The van der Waals surface area contributed by atoms with Crippen molar-refractivity contribution in [1.82, 2.24) is 10.2 Å². The van der Waals surface area contributed by atoms with Crippen molar-refractivity contribution < 1.29 is 18.7 Å². The van der Waals surface area contributed by atoms with Gasteiger partial charge < -0.3 is 15.0 Å². The van der Waals surface area contributed by atoms with E-state index in [-0.39, 0.29) is 30.3 Å². The summed E-state index contributed by atoms with van der Waals surface area (Å²) in [5, 5.41) is 2.89. The fraction of sp³-hybridized carbons (Fsp3) is 0.417. The lowest BCUT2D eigenvalue weighted by Crippen LogP contribution is -2.40. The van der Waals surface area contributed by atoms with Gasteiger partial charge in [0, 0.05) is 19.5 Å². The fourth-order valence-electron chi connectivity index (χ4n) is 3.94. The van der Waals surface area contributed by atoms with Gasteiger partial charge in [-0.25, -0.2) is 4.39 Å². The van der Waals surface area contributed by atoms with E-state index in [0.29, 0.717) is 31.2 Å². The van der Waals surface area contributed by atoms with Crippen molar-refractivity contribution in [3.05, 3.63) is 65.0 Å². The summed E-state index contributed by atoms with van der Waals surface area (Å²) in [4.78, 5) is 26.5. The number of hydrogen-bond acceptors (Lipinski definition) is 3. The van der Waals surface area contributed by atoms with Crippen molar-refractivity contribution in [2.24, 2.45) is 5.92 Å². The van der Waals surface area contributed by atoms with E-state index in [0.717, 1.165) is 23.1 Å². The third-order valence-electron chi connectivity index (χ3n) is 5.81. The van der Waals surface area contributed by atoms with Gasteiger partial charge in [-0.15, -0.1) is 0 Å². The van der Waals surface area contributed by atoms with Gasteiger partial charge in [0.1, 0.15) is 11.6 Å². The van der Waals surface area contributed by atoms with E-state index >= 15 is 0 Å². The minimum absolute atomic E-state index is 0.0374. The first-order valence-electron chi connectivity index (χ1n) is 10.6. The van der Waals surface area contributed by atoms with Crippen LogP contribution in [-0.2, 0) is 16.0 Å². The molecule has 2 aromatic rings. The molecule has 1 heterocycles. The number of nitrogens with zero attached hydrogens (tertiary/aromatic N) is 1. The van der Waals surface area contributed by atoms with Crippen LogP contribution in [0.1, 0.15) is 48.9 Å². The molecule has 0 aromatic heterocycles. The molecule has 2 aliphatic rings. The molecule has 1 aliphatic carbocycles. The average molecular weight is 410 g/mol. The molecule has 1 aliphatic heterocycles. The van der Waals surface area contributed by atoms with Gasteiger partial charge >= 0.3 is 0 Å². The summed E-state index contributed by atoms with van der Waals surface area (Å²) in [6, 6.07) is 11.8. The van der Waals surface area contributed by atoms with Crippen LogP contribution in [-0.4, -0.2) is 36.4 Å². The zero-order valence-electron chi connectivity index (χ0n) is 17.2. The zero-order valence-corrected chi connectivity index (χ0v) is 17.2. The Morgan fingerprint density at radius 2 is 1.93 bits per heavy atom. The SMILES string of the molecule is CCC(=O)N1CCc2ccc(OCC(=O)NCC3CC3)cc2[C@H]1c1ccc(F)cc1. The lowest BCUT2D eigenvalue weighted by molar-refractivity contribution is -0.133. The van der Waals surface area contributed by atoms with Crippen LogP contribution in [0.3, 0.4) is 0 Å². The molecule has 2 aromatic carbocycles. The minimum Gasteiger partial charge on any atom is -0.484 e. The molecule has 0 saturated heterocycles. The Kier molecular flexibility index (Phi) is 6.02. The molecule has 0 bridgehead atoms. The molecule has 0 radical (unpaired) electrons. The van der Waals surface area contributed by atoms with Crippen molar-refractivity contribution in [3.63, 3.8) is 0 Å². The first kappa shape index (κ1) is 20.4. The molecule has 1 saturated carbocycles. The summed E-state index contributed by atoms with van der Waals surface area (Å²) in [5.74, 6) is 0.833. The second kappa shape index (κ2) is 8.86. The molecule has 4 rings (SSSR count). The fourth-order valence-corrected chi connectivity index (χ4v) is 3.94. The number of hydrogen-bond donors (Lipinski definition) is 1. The van der Waals surface area contributed by atoms with E-state index in [1.165, 1.54) is 25.0 Å². The van der Waals surface area contributed by atoms with E-state index in [4.69, 9.17) is 4.74 Å². The monoisotopic (exact) mass is 410 g/mol. The number of nitrogens with one attached hydrogen (secondary N) is 1. The van der Waals surface area contributed by atoms with Gasteiger partial charge in [0.25, 0.3) is 5.91 Å². The highest BCUT2D eigenvalue weighted by atomic mass is 19.1. The third-order valence-corrected chi connectivity index (χ3v) is 5.81. The summed E-state index contributed by atoms with van der Waals surface area (Å²) in [6.07, 6.45) is 3.53. The average Bonchev–Trinajstić information content (AvgIpc) is 3.60. The predicted molar refractivity (Wildman–Crippen MR) is 112 cm³/mol. The highest BCUT2D eigenvalue weighted by molar-refractivity contribution is 5.78. The van der Waals surface area contributed by atoms with E-state index in [1.807, 2.05) is 30.0 Å². The Morgan fingerprint density at radius 3 is 2.63 bits per heavy atom. The Bertz CT molecular complexity index is 925. The van der Waals surface area contributed by atoms with Crippen LogP contribution in [0.5, 0.6) is 5.75 Å². The molecule has 0 spiro atoms. The summed E-state index contributed by atoms with van der Waals surface area (Å²) in [6.45, 7) is 3.14. The molecule has 0 unspecified atom stereocenters. The molecular formula is C24H27FN2O3. The number of fused-ring (bicyclic) bond motifs is 1. The largest absolute Gasteiger partial charge is 0.484 e. The first-order chi connectivity index (χ1) is 14.5. The molecule has 1 N–H and O–H groups in total. The second-order valence-electron chi connectivity index (χ2n) is 8.04. The molecule has 5 nitrogen and oxygen atoms in total. The van der Waals surface area contributed by atoms with Crippen LogP contribution >= 0.6 is 0 Å². The Hall–Kier alpha value is -2.89. The molecule has 30 heavy (non-hydrogen) atoms. The third kappa shape index (κ3) is 4.64. The van der Waals surface area contributed by atoms with Crippen LogP contribution in [0.25, 0.3) is 0 Å². The summed E-state index contributed by atoms with van der Waals surface area (Å²) in [7, 11) is 0. The number of carbonyl (C=O) groups is 2. The van der Waals surface area contributed by atoms with E-state index in [2.05, 4.69) is 5.32 Å². The highest BCUT2D eigenvalue weighted by Crippen LogP contribution is 2.37. The molecular weight excluding hydrogens is 383 g/mol. The molecule has 2 amide bonds. The van der Waals surface area contributed by atoms with Crippen molar-refractivity contribution >= 4 is 11.8 Å². The molecule has 158 valence electrons. The maximum Gasteiger partial charge on any atom is 0.257 e. The predicted octanol–water partition coefficient (Wildman–Crippen LogP) is 3.61. The minimum atomic E-state index is -0.308. The number of halogens is 1. The van der Waals surface area contributed by atoms with E-state index in [9.17, 15) is 14.0 Å². The van der Waals surface area contributed by atoms with Gasteiger partial charge in [-0.3, -0.25) is 9.59 Å². The Morgan fingerprint density at radius 1 is 1.17 bits per heavy atom. The second-order valence-corrected chi connectivity index (χ2v) is 8.04. The molecule has 1 atom stereocenters. The van der Waals surface area contributed by atoms with Crippen molar-refractivity contribution in [1.29, 1.82) is 0 Å². The quantitative estimate of drug-likeness (QED) is 0.759. The normalized spacial score (nSPS) is 17.9. The lowest BCUT2D eigenvalue weighted by Gasteiger charge is -2.38. The van der Waals surface area contributed by atoms with E-state index in [1.54, 1.807) is 12.1 Å². The summed E-state index contributed by atoms with van der Waals surface area (Å²) in [5.41, 5.74) is 2.96. The molecule has 1 fully saturated rings. The molecule has 6 heteroatoms. The smallest absolute Gasteiger partial charge is 0.257 e. The number of rotatable bonds is 7. The van der Waals surface area contributed by atoms with Gasteiger partial charge in [0.05, 0.1) is 6.04 Å². The van der Waals surface area contributed by atoms with Crippen LogP contribution in [0.2, 0.25) is 0 Å². The number of benzene rings is 2. The van der Waals surface area contributed by atoms with Gasteiger partial charge in [-0.1, -0.05) is 25.1 Å². The highest BCUT2D eigenvalue weighted by Gasteiger charge is 2.31. The maximum atomic E-state index is 13.5. The first-order valence-corrected chi connectivity index (χ1v) is 10.6. The van der Waals surface area contributed by atoms with Gasteiger partial charge in [0.15, 0.2) is 6.61 Å². The topological polar surface area (TPSA) is 58.6 Å². The Balaban J connectivity index is 1.56. The van der Waals surface area contributed by atoms with Crippen molar-refractivity contribution in [2.75, 3.05) is 19.7 Å². The number of carbonyl (C=O) groups excluding carboxylic acids is 2. The van der Waals surface area contributed by atoms with Gasteiger partial charge in [-0.05, 0) is 66.1 Å². The lowest BCUT2D eigenvalue weighted by atomic mass is 9.87. The zero-order chi connectivity index (χ0) is 21.1.